The third kappa shape index (κ3) is 5.60. The van der Waals surface area contributed by atoms with Gasteiger partial charge in [-0.3, -0.25) is 9.52 Å². The fourth-order valence-electron chi connectivity index (χ4n) is 2.11. The van der Waals surface area contributed by atoms with Gasteiger partial charge in [-0.25, -0.2) is 8.42 Å². The number of anilines is 2. The van der Waals surface area contributed by atoms with Gasteiger partial charge in [-0.2, -0.15) is 26.3 Å². The first-order valence-corrected chi connectivity index (χ1v) is 9.91. The summed E-state index contributed by atoms with van der Waals surface area (Å²) >= 11 is 5.81. The molecule has 0 heterocycles. The highest BCUT2D eigenvalue weighted by Crippen LogP contribution is 2.34. The fraction of sp³-hybridized carbons (Fsp3) is 0.235. The smallest absolute Gasteiger partial charge is 0.373 e. The predicted octanol–water partition coefficient (Wildman–Crippen LogP) is 4.41. The largest absolute Gasteiger partial charge is 0.426 e. The molecule has 2 aromatic rings. The van der Waals surface area contributed by atoms with Crippen LogP contribution in [0.5, 0.6) is 0 Å². The van der Waals surface area contributed by atoms with Crippen molar-refractivity contribution < 1.29 is 44.7 Å². The number of alkyl halides is 6. The van der Waals surface area contributed by atoms with Gasteiger partial charge in [-0.1, -0.05) is 17.7 Å². The van der Waals surface area contributed by atoms with Crippen molar-refractivity contribution in [1.82, 2.24) is 0 Å². The van der Waals surface area contributed by atoms with E-state index < -0.39 is 60.7 Å². The van der Waals surface area contributed by atoms with Crippen LogP contribution in [0.25, 0.3) is 0 Å². The topological polar surface area (TPSA) is 95.5 Å². The van der Waals surface area contributed by atoms with Crippen molar-refractivity contribution in [2.45, 2.75) is 29.8 Å². The average Bonchev–Trinajstić information content (AvgIpc) is 2.61. The SMILES string of the molecule is CC(O)(C(=O)Nc1ccc(S(=O)(=O)Nc2cccc(C(F)(F)F)c2)cc1Cl)C(F)(F)F. The first kappa shape index (κ1) is 24.8. The van der Waals surface area contributed by atoms with E-state index in [9.17, 15) is 44.7 Å². The van der Waals surface area contributed by atoms with Crippen molar-refractivity contribution in [1.29, 1.82) is 0 Å². The third-order valence-corrected chi connectivity index (χ3v) is 5.63. The number of sulfonamides is 1. The maximum Gasteiger partial charge on any atom is 0.426 e. The van der Waals surface area contributed by atoms with E-state index in [0.717, 1.165) is 36.4 Å². The summed E-state index contributed by atoms with van der Waals surface area (Å²) in [5, 5.41) is 10.6. The predicted molar refractivity (Wildman–Crippen MR) is 99.0 cm³/mol. The summed E-state index contributed by atoms with van der Waals surface area (Å²) < 4.78 is 103. The Balaban J connectivity index is 2.27. The molecule has 1 atom stereocenters. The lowest BCUT2D eigenvalue weighted by Gasteiger charge is -2.25. The zero-order valence-electron chi connectivity index (χ0n) is 15.3. The van der Waals surface area contributed by atoms with Crippen molar-refractivity contribution in [2.24, 2.45) is 0 Å². The highest BCUT2D eigenvalue weighted by molar-refractivity contribution is 7.92. The second kappa shape index (κ2) is 8.20. The Hall–Kier alpha value is -2.51. The van der Waals surface area contributed by atoms with Gasteiger partial charge in [0.15, 0.2) is 0 Å². The molecule has 1 amide bonds. The van der Waals surface area contributed by atoms with Gasteiger partial charge in [-0.15, -0.1) is 0 Å². The lowest BCUT2D eigenvalue weighted by molar-refractivity contribution is -0.242. The van der Waals surface area contributed by atoms with Gasteiger partial charge in [0.05, 0.1) is 21.2 Å². The van der Waals surface area contributed by atoms with Gasteiger partial charge in [0.25, 0.3) is 15.9 Å². The van der Waals surface area contributed by atoms with Crippen LogP contribution in [-0.4, -0.2) is 31.2 Å². The number of amides is 1. The van der Waals surface area contributed by atoms with Crippen LogP contribution in [0.1, 0.15) is 12.5 Å². The van der Waals surface area contributed by atoms with Gasteiger partial charge in [0.1, 0.15) is 0 Å². The number of hydrogen-bond donors (Lipinski definition) is 3. The van der Waals surface area contributed by atoms with E-state index in [0.29, 0.717) is 6.07 Å². The van der Waals surface area contributed by atoms with Crippen LogP contribution in [0.15, 0.2) is 47.4 Å². The molecule has 0 aliphatic rings. The summed E-state index contributed by atoms with van der Waals surface area (Å²) in [7, 11) is -4.44. The van der Waals surface area contributed by atoms with Gasteiger partial charge in [0.2, 0.25) is 5.60 Å². The van der Waals surface area contributed by atoms with E-state index in [2.05, 4.69) is 0 Å². The minimum atomic E-state index is -5.29. The van der Waals surface area contributed by atoms with Crippen LogP contribution in [0.4, 0.5) is 37.7 Å². The van der Waals surface area contributed by atoms with Gasteiger partial charge >= 0.3 is 12.4 Å². The molecule has 2 aromatic carbocycles. The van der Waals surface area contributed by atoms with E-state index in [4.69, 9.17) is 11.6 Å². The number of halogens is 7. The number of benzene rings is 2. The maximum absolute atomic E-state index is 12.8. The van der Waals surface area contributed by atoms with E-state index in [1.54, 1.807) is 5.32 Å². The quantitative estimate of drug-likeness (QED) is 0.541. The number of hydrogen-bond acceptors (Lipinski definition) is 4. The molecule has 3 N–H and O–H groups in total. The minimum absolute atomic E-state index is 0.216. The molecule has 0 aliphatic carbocycles. The lowest BCUT2D eigenvalue weighted by Crippen LogP contribution is -2.52. The Labute approximate surface area is 176 Å². The fourth-order valence-corrected chi connectivity index (χ4v) is 3.48. The number of carbonyl (C=O) groups is 1. The van der Waals surface area contributed by atoms with E-state index >= 15 is 0 Å². The molecule has 2 rings (SSSR count). The summed E-state index contributed by atoms with van der Waals surface area (Å²) in [6.07, 6.45) is -10.00. The van der Waals surface area contributed by atoms with Crippen molar-refractivity contribution in [3.8, 4) is 0 Å². The van der Waals surface area contributed by atoms with E-state index in [1.807, 2.05) is 4.72 Å². The summed E-state index contributed by atoms with van der Waals surface area (Å²) in [5.41, 5.74) is -5.68. The highest BCUT2D eigenvalue weighted by atomic mass is 35.5. The summed E-state index contributed by atoms with van der Waals surface area (Å²) in [6.45, 7) is 0.216. The molecule has 14 heteroatoms. The molecule has 0 aliphatic heterocycles. The standard InChI is InChI=1S/C17H13ClF6N2O4S/c1-15(28,17(22,23)24)14(27)25-13-6-5-11(8-12(13)18)31(29,30)26-10-4-2-3-9(7-10)16(19,20)21/h2-8,26,28H,1H3,(H,25,27). The van der Waals surface area contributed by atoms with Crippen LogP contribution in [-0.2, 0) is 21.0 Å². The molecule has 0 bridgehead atoms. The number of nitrogens with one attached hydrogen (secondary N) is 2. The van der Waals surface area contributed by atoms with Crippen LogP contribution >= 0.6 is 11.6 Å². The lowest BCUT2D eigenvalue weighted by atomic mass is 10.1. The second-order valence-electron chi connectivity index (χ2n) is 6.35. The average molecular weight is 491 g/mol. The van der Waals surface area contributed by atoms with Crippen LogP contribution in [0.3, 0.4) is 0 Å². The molecule has 0 saturated heterocycles. The summed E-state index contributed by atoms with van der Waals surface area (Å²) in [4.78, 5) is 11.2. The molecular formula is C17H13ClF6N2O4S. The van der Waals surface area contributed by atoms with Gasteiger partial charge in [-0.05, 0) is 43.3 Å². The first-order chi connectivity index (χ1) is 13.9. The van der Waals surface area contributed by atoms with Crippen molar-refractivity contribution in [3.63, 3.8) is 0 Å². The highest BCUT2D eigenvalue weighted by Gasteiger charge is 2.55. The number of rotatable bonds is 5. The van der Waals surface area contributed by atoms with Crippen LogP contribution in [0, 0.1) is 0 Å². The van der Waals surface area contributed by atoms with E-state index in [-0.39, 0.29) is 6.92 Å². The zero-order valence-corrected chi connectivity index (χ0v) is 16.8. The maximum atomic E-state index is 12.8. The molecule has 0 saturated carbocycles. The Morgan fingerprint density at radius 2 is 1.65 bits per heavy atom. The Morgan fingerprint density at radius 1 is 1.03 bits per heavy atom. The summed E-state index contributed by atoms with van der Waals surface area (Å²) in [6, 6.07) is 5.82. The van der Waals surface area contributed by atoms with Gasteiger partial charge < -0.3 is 10.4 Å². The van der Waals surface area contributed by atoms with Crippen molar-refractivity contribution >= 4 is 38.9 Å². The Morgan fingerprint density at radius 3 is 2.16 bits per heavy atom. The Bertz CT molecular complexity index is 1100. The van der Waals surface area contributed by atoms with Gasteiger partial charge in [0, 0.05) is 5.69 Å². The molecular weight excluding hydrogens is 478 g/mol. The second-order valence-corrected chi connectivity index (χ2v) is 8.44. The molecule has 170 valence electrons. The van der Waals surface area contributed by atoms with Crippen LogP contribution in [0.2, 0.25) is 5.02 Å². The first-order valence-electron chi connectivity index (χ1n) is 8.05. The van der Waals surface area contributed by atoms with Crippen molar-refractivity contribution in [2.75, 3.05) is 10.0 Å². The normalized spacial score (nSPS) is 14.6. The molecule has 0 radical (unpaired) electrons. The van der Waals surface area contributed by atoms with E-state index in [1.165, 1.54) is 0 Å². The molecule has 6 nitrogen and oxygen atoms in total. The zero-order chi connectivity index (χ0) is 23.8. The number of carbonyl (C=O) groups excluding carboxylic acids is 1. The summed E-state index contributed by atoms with van der Waals surface area (Å²) in [5.74, 6) is -1.86. The third-order valence-electron chi connectivity index (χ3n) is 3.94. The molecule has 0 aromatic heterocycles. The Kier molecular flexibility index (Phi) is 6.55. The van der Waals surface area contributed by atoms with Crippen molar-refractivity contribution in [3.05, 3.63) is 53.1 Å². The monoisotopic (exact) mass is 490 g/mol. The number of aliphatic hydroxyl groups is 1. The minimum Gasteiger partial charge on any atom is -0.373 e. The molecule has 1 unspecified atom stereocenters. The molecule has 31 heavy (non-hydrogen) atoms. The molecule has 0 fully saturated rings. The van der Waals surface area contributed by atoms with Crippen LogP contribution < -0.4 is 10.0 Å². The molecule has 0 spiro atoms.